The molecule has 0 saturated carbocycles. The predicted octanol–water partition coefficient (Wildman–Crippen LogP) is 3.83. The largest absolute Gasteiger partial charge is 0.488 e. The first-order valence-corrected chi connectivity index (χ1v) is 8.58. The lowest BCUT2D eigenvalue weighted by Crippen LogP contribution is -2.06. The molecule has 7 heteroatoms. The van der Waals surface area contributed by atoms with E-state index in [4.69, 9.17) is 16.2 Å². The highest BCUT2D eigenvalue weighted by molar-refractivity contribution is 9.10. The molecule has 1 aromatic heterocycles. The summed E-state index contributed by atoms with van der Waals surface area (Å²) in [5.74, 6) is 0.614. The van der Waals surface area contributed by atoms with Crippen molar-refractivity contribution in [3.05, 3.63) is 63.6 Å². The molecule has 0 atom stereocenters. The van der Waals surface area contributed by atoms with Crippen molar-refractivity contribution < 1.29 is 4.74 Å². The Morgan fingerprint density at radius 3 is 2.54 bits per heavy atom. The molecule has 3 rings (SSSR count). The average Bonchev–Trinajstić information content (AvgIpc) is 2.61. The van der Waals surface area contributed by atoms with E-state index in [-0.39, 0.29) is 17.3 Å². The number of ether oxygens (including phenoxy) is 1. The molecule has 0 aliphatic carbocycles. The SMILES string of the molecule is Cc1ccc(COc2ccc(Br)cc2-c2nc(N)nc(N)c2C#N)cc1. The lowest BCUT2D eigenvalue weighted by molar-refractivity contribution is 0.307. The molecule has 0 saturated heterocycles. The van der Waals surface area contributed by atoms with Crippen LogP contribution in [-0.4, -0.2) is 9.97 Å². The maximum absolute atomic E-state index is 9.44. The van der Waals surface area contributed by atoms with Crippen LogP contribution in [0.3, 0.4) is 0 Å². The fraction of sp³-hybridized carbons (Fsp3) is 0.105. The van der Waals surface area contributed by atoms with Crippen molar-refractivity contribution >= 4 is 27.7 Å². The summed E-state index contributed by atoms with van der Waals surface area (Å²) in [7, 11) is 0. The maximum Gasteiger partial charge on any atom is 0.222 e. The molecule has 0 aliphatic rings. The molecule has 1 heterocycles. The molecule has 2 aromatic carbocycles. The number of aryl methyl sites for hydroxylation is 1. The number of hydrogen-bond acceptors (Lipinski definition) is 6. The van der Waals surface area contributed by atoms with Gasteiger partial charge in [0.15, 0.2) is 0 Å². The first-order valence-electron chi connectivity index (χ1n) is 7.79. The van der Waals surface area contributed by atoms with E-state index in [1.165, 1.54) is 5.56 Å². The molecule has 6 nitrogen and oxygen atoms in total. The van der Waals surface area contributed by atoms with Crippen LogP contribution in [-0.2, 0) is 6.61 Å². The highest BCUT2D eigenvalue weighted by atomic mass is 79.9. The molecule has 4 N–H and O–H groups in total. The van der Waals surface area contributed by atoms with Crippen molar-refractivity contribution in [2.45, 2.75) is 13.5 Å². The van der Waals surface area contributed by atoms with Crippen molar-refractivity contribution in [2.75, 3.05) is 11.5 Å². The van der Waals surface area contributed by atoms with Gasteiger partial charge in [-0.3, -0.25) is 0 Å². The van der Waals surface area contributed by atoms with Gasteiger partial charge in [-0.05, 0) is 30.7 Å². The van der Waals surface area contributed by atoms with Crippen LogP contribution >= 0.6 is 15.9 Å². The van der Waals surface area contributed by atoms with Gasteiger partial charge in [-0.15, -0.1) is 0 Å². The Bertz CT molecular complexity index is 996. The second-order valence-electron chi connectivity index (χ2n) is 5.72. The quantitative estimate of drug-likeness (QED) is 0.676. The summed E-state index contributed by atoms with van der Waals surface area (Å²) in [5.41, 5.74) is 14.9. The summed E-state index contributed by atoms with van der Waals surface area (Å²) in [6.07, 6.45) is 0. The fourth-order valence-corrected chi connectivity index (χ4v) is 2.82. The smallest absolute Gasteiger partial charge is 0.222 e. The summed E-state index contributed by atoms with van der Waals surface area (Å²) in [6, 6.07) is 15.6. The van der Waals surface area contributed by atoms with Gasteiger partial charge in [0.2, 0.25) is 5.95 Å². The molecule has 0 amide bonds. The molecule has 0 radical (unpaired) electrons. The van der Waals surface area contributed by atoms with Crippen LogP contribution in [0.25, 0.3) is 11.3 Å². The second kappa shape index (κ2) is 7.42. The van der Waals surface area contributed by atoms with Gasteiger partial charge >= 0.3 is 0 Å². The van der Waals surface area contributed by atoms with E-state index in [0.29, 0.717) is 23.6 Å². The van der Waals surface area contributed by atoms with Crippen LogP contribution in [0.4, 0.5) is 11.8 Å². The zero-order valence-corrected chi connectivity index (χ0v) is 15.6. The van der Waals surface area contributed by atoms with Gasteiger partial charge in [0.05, 0.1) is 5.69 Å². The van der Waals surface area contributed by atoms with E-state index >= 15 is 0 Å². The van der Waals surface area contributed by atoms with Crippen LogP contribution in [0.2, 0.25) is 0 Å². The Balaban J connectivity index is 2.02. The van der Waals surface area contributed by atoms with Crippen molar-refractivity contribution in [2.24, 2.45) is 0 Å². The van der Waals surface area contributed by atoms with E-state index in [1.807, 2.05) is 55.5 Å². The second-order valence-corrected chi connectivity index (χ2v) is 6.63. The van der Waals surface area contributed by atoms with Crippen LogP contribution in [0.15, 0.2) is 46.9 Å². The van der Waals surface area contributed by atoms with E-state index < -0.39 is 0 Å². The van der Waals surface area contributed by atoms with E-state index in [2.05, 4.69) is 25.9 Å². The maximum atomic E-state index is 9.44. The molecular weight excluding hydrogens is 394 g/mol. The summed E-state index contributed by atoms with van der Waals surface area (Å²) in [6.45, 7) is 2.41. The highest BCUT2D eigenvalue weighted by Gasteiger charge is 2.17. The van der Waals surface area contributed by atoms with E-state index in [1.54, 1.807) is 0 Å². The van der Waals surface area contributed by atoms with Crippen molar-refractivity contribution in [1.29, 1.82) is 5.26 Å². The van der Waals surface area contributed by atoms with Gasteiger partial charge in [0, 0.05) is 10.0 Å². The van der Waals surface area contributed by atoms with Crippen LogP contribution in [0.5, 0.6) is 5.75 Å². The number of rotatable bonds is 4. The minimum Gasteiger partial charge on any atom is -0.488 e. The van der Waals surface area contributed by atoms with Crippen LogP contribution < -0.4 is 16.2 Å². The fourth-order valence-electron chi connectivity index (χ4n) is 2.46. The monoisotopic (exact) mass is 409 g/mol. The average molecular weight is 410 g/mol. The van der Waals surface area contributed by atoms with Crippen LogP contribution in [0.1, 0.15) is 16.7 Å². The number of benzene rings is 2. The number of nitriles is 1. The number of halogens is 1. The van der Waals surface area contributed by atoms with Gasteiger partial charge in [-0.25, -0.2) is 4.98 Å². The molecule has 0 fully saturated rings. The molecule has 0 unspecified atom stereocenters. The number of nitrogens with two attached hydrogens (primary N) is 2. The summed E-state index contributed by atoms with van der Waals surface area (Å²) >= 11 is 3.44. The van der Waals surface area contributed by atoms with Gasteiger partial charge in [0.1, 0.15) is 29.8 Å². The van der Waals surface area contributed by atoms with E-state index in [0.717, 1.165) is 10.0 Å². The zero-order chi connectivity index (χ0) is 18.7. The highest BCUT2D eigenvalue weighted by Crippen LogP contribution is 2.35. The van der Waals surface area contributed by atoms with Gasteiger partial charge in [-0.2, -0.15) is 10.2 Å². The summed E-state index contributed by atoms with van der Waals surface area (Å²) in [4.78, 5) is 8.06. The minimum atomic E-state index is 0.000889. The molecule has 26 heavy (non-hydrogen) atoms. The summed E-state index contributed by atoms with van der Waals surface area (Å²) < 4.78 is 6.79. The standard InChI is InChI=1S/C19H16BrN5O/c1-11-2-4-12(5-3-11)10-26-16-7-6-13(20)8-14(16)17-15(9-21)18(22)25-19(23)24-17/h2-8H,10H2,1H3,(H4,22,23,24,25). The molecule has 130 valence electrons. The predicted molar refractivity (Wildman–Crippen MR) is 104 cm³/mol. The Morgan fingerprint density at radius 2 is 1.85 bits per heavy atom. The Labute approximate surface area is 159 Å². The number of nitrogens with zero attached hydrogens (tertiary/aromatic N) is 3. The minimum absolute atomic E-state index is 0.000889. The third-order valence-electron chi connectivity index (χ3n) is 3.78. The topological polar surface area (TPSA) is 111 Å². The number of anilines is 2. The number of aromatic nitrogens is 2. The Morgan fingerprint density at radius 1 is 1.12 bits per heavy atom. The third-order valence-corrected chi connectivity index (χ3v) is 4.27. The number of nitrogen functional groups attached to an aromatic ring is 2. The lowest BCUT2D eigenvalue weighted by Gasteiger charge is -2.14. The van der Waals surface area contributed by atoms with E-state index in [9.17, 15) is 5.26 Å². The molecule has 0 spiro atoms. The molecule has 0 bridgehead atoms. The number of hydrogen-bond donors (Lipinski definition) is 2. The molecule has 3 aromatic rings. The normalized spacial score (nSPS) is 10.3. The van der Waals surface area contributed by atoms with Gasteiger partial charge in [0.25, 0.3) is 0 Å². The van der Waals surface area contributed by atoms with Crippen molar-refractivity contribution in [3.63, 3.8) is 0 Å². The lowest BCUT2D eigenvalue weighted by atomic mass is 10.1. The third kappa shape index (κ3) is 3.76. The first-order chi connectivity index (χ1) is 12.5. The molecular formula is C19H16BrN5O. The van der Waals surface area contributed by atoms with Crippen molar-refractivity contribution in [1.82, 2.24) is 9.97 Å². The Kier molecular flexibility index (Phi) is 5.05. The van der Waals surface area contributed by atoms with Crippen molar-refractivity contribution in [3.8, 4) is 23.1 Å². The van der Waals surface area contributed by atoms with Gasteiger partial charge in [-0.1, -0.05) is 45.8 Å². The van der Waals surface area contributed by atoms with Crippen LogP contribution in [0, 0.1) is 18.3 Å². The summed E-state index contributed by atoms with van der Waals surface area (Å²) in [5, 5.41) is 9.44. The van der Waals surface area contributed by atoms with Gasteiger partial charge < -0.3 is 16.2 Å². The Hall–Kier alpha value is -3.11. The molecule has 0 aliphatic heterocycles. The zero-order valence-electron chi connectivity index (χ0n) is 14.0. The first kappa shape index (κ1) is 17.7.